The van der Waals surface area contributed by atoms with Gasteiger partial charge in [0.1, 0.15) is 0 Å². The van der Waals surface area contributed by atoms with E-state index < -0.39 is 11.8 Å². The maximum absolute atomic E-state index is 13.0. The molecule has 1 aliphatic rings. The minimum absolute atomic E-state index is 0.0202. The Morgan fingerprint density at radius 1 is 1.42 bits per heavy atom. The number of hydrogen-bond acceptors (Lipinski definition) is 1. The monoisotopic (exact) mass is 177 g/mol. The molecule has 0 aliphatic carbocycles. The predicted octanol–water partition coefficient (Wildman–Crippen LogP) is 2.37. The highest BCUT2D eigenvalue weighted by atomic mass is 19.3. The summed E-state index contributed by atoms with van der Waals surface area (Å²) < 4.78 is 26.0. The fraction of sp³-hybridized carbons (Fsp3) is 1.00. The Morgan fingerprint density at radius 3 is 2.42 bits per heavy atom. The van der Waals surface area contributed by atoms with Crippen LogP contribution in [0.3, 0.4) is 0 Å². The van der Waals surface area contributed by atoms with Crippen LogP contribution < -0.4 is 0 Å². The average Bonchev–Trinajstić information content (AvgIpc) is 1.94. The van der Waals surface area contributed by atoms with Crippen LogP contribution >= 0.6 is 0 Å². The van der Waals surface area contributed by atoms with Crippen molar-refractivity contribution < 1.29 is 8.78 Å². The van der Waals surface area contributed by atoms with Gasteiger partial charge in [-0.3, -0.25) is 0 Å². The van der Waals surface area contributed by atoms with Gasteiger partial charge >= 0.3 is 0 Å². The second kappa shape index (κ2) is 3.29. The van der Waals surface area contributed by atoms with Crippen molar-refractivity contribution in [2.75, 3.05) is 13.1 Å². The lowest BCUT2D eigenvalue weighted by Crippen LogP contribution is -2.48. The van der Waals surface area contributed by atoms with Crippen LogP contribution in [0.25, 0.3) is 0 Å². The smallest absolute Gasteiger partial charge is 0.253 e. The van der Waals surface area contributed by atoms with E-state index in [4.69, 9.17) is 0 Å². The van der Waals surface area contributed by atoms with E-state index in [1.807, 2.05) is 0 Å². The highest BCUT2D eigenvalue weighted by Gasteiger charge is 2.41. The first kappa shape index (κ1) is 9.90. The zero-order valence-corrected chi connectivity index (χ0v) is 7.98. The van der Waals surface area contributed by atoms with Crippen molar-refractivity contribution >= 4 is 0 Å². The molecule has 1 nitrogen and oxygen atoms in total. The zero-order chi connectivity index (χ0) is 9.35. The molecular formula is C9H17F2N. The number of hydrogen-bond donors (Lipinski definition) is 0. The summed E-state index contributed by atoms with van der Waals surface area (Å²) in [5.41, 5.74) is 0. The SMILES string of the molecule is CC(C)N1CCC(F)(F)C(C)C1. The van der Waals surface area contributed by atoms with Gasteiger partial charge in [-0.15, -0.1) is 0 Å². The van der Waals surface area contributed by atoms with E-state index in [1.165, 1.54) is 0 Å². The highest BCUT2D eigenvalue weighted by molar-refractivity contribution is 4.84. The summed E-state index contributed by atoms with van der Waals surface area (Å²) in [6, 6.07) is 0.392. The first-order chi connectivity index (χ1) is 5.43. The van der Waals surface area contributed by atoms with Gasteiger partial charge in [-0.05, 0) is 13.8 Å². The molecule has 1 unspecified atom stereocenters. The maximum atomic E-state index is 13.0. The molecule has 0 radical (unpaired) electrons. The lowest BCUT2D eigenvalue weighted by Gasteiger charge is -2.38. The normalized spacial score (nSPS) is 31.0. The number of likely N-dealkylation sites (tertiary alicyclic amines) is 1. The van der Waals surface area contributed by atoms with E-state index in [9.17, 15) is 8.78 Å². The summed E-state index contributed by atoms with van der Waals surface area (Å²) in [6.45, 7) is 6.81. The van der Waals surface area contributed by atoms with Gasteiger partial charge in [0.15, 0.2) is 0 Å². The molecule has 0 saturated carbocycles. The molecule has 0 aromatic heterocycles. The van der Waals surface area contributed by atoms with Crippen LogP contribution in [0.5, 0.6) is 0 Å². The van der Waals surface area contributed by atoms with Gasteiger partial charge in [0.2, 0.25) is 0 Å². The molecule has 0 aromatic rings. The van der Waals surface area contributed by atoms with Crippen LogP contribution in [-0.2, 0) is 0 Å². The fourth-order valence-corrected chi connectivity index (χ4v) is 1.58. The number of piperidine rings is 1. The minimum Gasteiger partial charge on any atom is -0.300 e. The van der Waals surface area contributed by atoms with Gasteiger partial charge < -0.3 is 4.90 Å². The maximum Gasteiger partial charge on any atom is 0.253 e. The van der Waals surface area contributed by atoms with Gasteiger partial charge in [-0.25, -0.2) is 8.78 Å². The Kier molecular flexibility index (Phi) is 2.71. The van der Waals surface area contributed by atoms with Gasteiger partial charge in [0, 0.05) is 31.5 Å². The Balaban J connectivity index is 2.52. The van der Waals surface area contributed by atoms with Crippen molar-refractivity contribution in [3.63, 3.8) is 0 Å². The standard InChI is InChI=1S/C9H17F2N/c1-7(2)12-5-4-9(10,11)8(3)6-12/h7-8H,4-6H2,1-3H3. The lowest BCUT2D eigenvalue weighted by molar-refractivity contribution is -0.104. The van der Waals surface area contributed by atoms with Crippen LogP contribution in [0, 0.1) is 5.92 Å². The van der Waals surface area contributed by atoms with Crippen molar-refractivity contribution in [3.05, 3.63) is 0 Å². The Bertz CT molecular complexity index is 157. The molecule has 1 rings (SSSR count). The van der Waals surface area contributed by atoms with Crippen LogP contribution in [0.2, 0.25) is 0 Å². The van der Waals surface area contributed by atoms with Gasteiger partial charge in [0.05, 0.1) is 0 Å². The molecule has 1 heterocycles. The summed E-state index contributed by atoms with van der Waals surface area (Å²) in [5, 5.41) is 0. The van der Waals surface area contributed by atoms with Gasteiger partial charge in [-0.1, -0.05) is 6.92 Å². The van der Waals surface area contributed by atoms with E-state index in [-0.39, 0.29) is 6.42 Å². The molecule has 72 valence electrons. The van der Waals surface area contributed by atoms with E-state index in [2.05, 4.69) is 18.7 Å². The summed E-state index contributed by atoms with van der Waals surface area (Å²) in [7, 11) is 0. The molecule has 1 aliphatic heterocycles. The molecule has 1 atom stereocenters. The van der Waals surface area contributed by atoms with E-state index in [1.54, 1.807) is 6.92 Å². The second-order valence-corrected chi connectivity index (χ2v) is 4.00. The molecule has 1 fully saturated rings. The molecule has 12 heavy (non-hydrogen) atoms. The largest absolute Gasteiger partial charge is 0.300 e. The number of rotatable bonds is 1. The summed E-state index contributed by atoms with van der Waals surface area (Å²) >= 11 is 0. The Morgan fingerprint density at radius 2 is 2.00 bits per heavy atom. The molecule has 3 heteroatoms. The van der Waals surface area contributed by atoms with Crippen molar-refractivity contribution in [1.29, 1.82) is 0 Å². The van der Waals surface area contributed by atoms with Crippen LogP contribution in [0.15, 0.2) is 0 Å². The highest BCUT2D eigenvalue weighted by Crippen LogP contribution is 2.33. The van der Waals surface area contributed by atoms with Crippen molar-refractivity contribution in [3.8, 4) is 0 Å². The number of nitrogens with zero attached hydrogens (tertiary/aromatic N) is 1. The first-order valence-electron chi connectivity index (χ1n) is 4.55. The van der Waals surface area contributed by atoms with Crippen molar-refractivity contribution in [2.45, 2.75) is 39.2 Å². The summed E-state index contributed by atoms with van der Waals surface area (Å²) in [4.78, 5) is 2.11. The molecule has 0 N–H and O–H groups in total. The zero-order valence-electron chi connectivity index (χ0n) is 7.98. The molecule has 0 spiro atoms. The van der Waals surface area contributed by atoms with Crippen LogP contribution in [0.1, 0.15) is 27.2 Å². The molecule has 0 aromatic carbocycles. The van der Waals surface area contributed by atoms with E-state index >= 15 is 0 Å². The van der Waals surface area contributed by atoms with Crippen LogP contribution in [0.4, 0.5) is 8.78 Å². The van der Waals surface area contributed by atoms with Crippen LogP contribution in [-0.4, -0.2) is 30.0 Å². The lowest BCUT2D eigenvalue weighted by atomic mass is 9.95. The molecule has 1 saturated heterocycles. The number of alkyl halides is 2. The minimum atomic E-state index is -2.44. The summed E-state index contributed by atoms with van der Waals surface area (Å²) in [5.74, 6) is -2.93. The number of halogens is 2. The molecule has 0 bridgehead atoms. The van der Waals surface area contributed by atoms with E-state index in [0.29, 0.717) is 19.1 Å². The quantitative estimate of drug-likeness (QED) is 0.594. The summed E-state index contributed by atoms with van der Waals surface area (Å²) in [6.07, 6.45) is 0.0202. The topological polar surface area (TPSA) is 3.24 Å². The Labute approximate surface area is 72.7 Å². The molecular weight excluding hydrogens is 160 g/mol. The predicted molar refractivity (Wildman–Crippen MR) is 45.4 cm³/mol. The first-order valence-corrected chi connectivity index (χ1v) is 4.55. The van der Waals surface area contributed by atoms with E-state index in [0.717, 1.165) is 0 Å². The average molecular weight is 177 g/mol. The third kappa shape index (κ3) is 1.94. The third-order valence-electron chi connectivity index (χ3n) is 2.69. The fourth-order valence-electron chi connectivity index (χ4n) is 1.58. The van der Waals surface area contributed by atoms with Gasteiger partial charge in [-0.2, -0.15) is 0 Å². The van der Waals surface area contributed by atoms with Crippen molar-refractivity contribution in [2.24, 2.45) is 5.92 Å². The van der Waals surface area contributed by atoms with Crippen molar-refractivity contribution in [1.82, 2.24) is 4.90 Å². The molecule has 0 amide bonds. The second-order valence-electron chi connectivity index (χ2n) is 4.00. The Hall–Kier alpha value is -0.180. The third-order valence-corrected chi connectivity index (χ3v) is 2.69. The van der Waals surface area contributed by atoms with Gasteiger partial charge in [0.25, 0.3) is 5.92 Å².